The van der Waals surface area contributed by atoms with Crippen molar-refractivity contribution < 1.29 is 63.1 Å². The van der Waals surface area contributed by atoms with E-state index in [0.29, 0.717) is 12.8 Å². The van der Waals surface area contributed by atoms with Gasteiger partial charge in [-0.25, -0.2) is 4.57 Å². The fourth-order valence-electron chi connectivity index (χ4n) is 7.34. The topological polar surface area (TPSA) is 210 Å². The minimum absolute atomic E-state index is 0.0932. The van der Waals surface area contributed by atoms with Crippen molar-refractivity contribution >= 4 is 19.8 Å². The van der Waals surface area contributed by atoms with Crippen LogP contribution in [0.2, 0.25) is 0 Å². The Bertz CT molecular complexity index is 1170. The van der Waals surface area contributed by atoms with Gasteiger partial charge in [0.25, 0.3) is 0 Å². The molecule has 0 saturated heterocycles. The molecule has 1 aliphatic carbocycles. The average Bonchev–Trinajstić information content (AvgIpc) is 3.24. The van der Waals surface area contributed by atoms with E-state index in [1.54, 1.807) is 0 Å². The summed E-state index contributed by atoms with van der Waals surface area (Å²) in [4.78, 5) is 35.7. The minimum atomic E-state index is -5.12. The van der Waals surface area contributed by atoms with Gasteiger partial charge in [0.1, 0.15) is 43.2 Å². The number of unbranched alkanes of at least 4 members (excludes halogenated alkanes) is 24. The van der Waals surface area contributed by atoms with Crippen LogP contribution in [0.4, 0.5) is 0 Å². The third-order valence-electron chi connectivity index (χ3n) is 11.3. The molecule has 0 bridgehead atoms. The molecule has 0 amide bonds. The molecule has 6 unspecified atom stereocenters. The van der Waals surface area contributed by atoms with E-state index in [-0.39, 0.29) is 12.8 Å². The highest BCUT2D eigenvalue weighted by Crippen LogP contribution is 2.47. The summed E-state index contributed by atoms with van der Waals surface area (Å²) in [6.07, 6.45) is 27.9. The molecule has 0 spiro atoms. The lowest BCUT2D eigenvalue weighted by molar-refractivity contribution is -0.220. The number of ether oxygens (including phenoxy) is 2. The van der Waals surface area contributed by atoms with Crippen LogP contribution in [-0.2, 0) is 32.7 Å². The van der Waals surface area contributed by atoms with Crippen LogP contribution in [0.3, 0.4) is 0 Å². The number of aliphatic hydroxyl groups is 5. The molecule has 61 heavy (non-hydrogen) atoms. The van der Waals surface area contributed by atoms with Crippen LogP contribution in [0, 0.1) is 0 Å². The van der Waals surface area contributed by atoms with Crippen molar-refractivity contribution in [1.82, 2.24) is 0 Å². The normalized spacial score (nSPS) is 22.2. The van der Waals surface area contributed by atoms with E-state index in [9.17, 15) is 44.6 Å². The summed E-state index contributed by atoms with van der Waals surface area (Å²) in [5, 5.41) is 50.2. The van der Waals surface area contributed by atoms with Gasteiger partial charge in [0.05, 0.1) is 6.61 Å². The number of esters is 2. The molecule has 0 heterocycles. The van der Waals surface area contributed by atoms with Crippen molar-refractivity contribution in [2.75, 3.05) is 13.2 Å². The molecule has 1 rings (SSSR count). The van der Waals surface area contributed by atoms with Crippen molar-refractivity contribution in [2.24, 2.45) is 0 Å². The van der Waals surface area contributed by atoms with Gasteiger partial charge < -0.3 is 39.9 Å². The summed E-state index contributed by atoms with van der Waals surface area (Å²) in [6, 6.07) is 0. The van der Waals surface area contributed by atoms with E-state index in [1.165, 1.54) is 103 Å². The smallest absolute Gasteiger partial charge is 0.462 e. The van der Waals surface area contributed by atoms with Gasteiger partial charge in [-0.05, 0) is 64.2 Å². The number of aliphatic hydroxyl groups excluding tert-OH is 5. The van der Waals surface area contributed by atoms with Gasteiger partial charge in [-0.15, -0.1) is 0 Å². The van der Waals surface area contributed by atoms with E-state index in [0.717, 1.165) is 64.2 Å². The maximum Gasteiger partial charge on any atom is 0.472 e. The zero-order valence-electron chi connectivity index (χ0n) is 38.0. The SMILES string of the molecule is CCCCCC/C=C/CCCCCCCCCCCC(=O)OC[C@@H](COP(=O)(O)OC1C(O)C(O)C(O)[C@H](O)C1O)OC(=O)CCCCCCCCC/C=C/CCCCCC. The molecule has 1 aliphatic rings. The Morgan fingerprint density at radius 1 is 0.492 bits per heavy atom. The fraction of sp³-hybridized carbons (Fsp3) is 0.872. The van der Waals surface area contributed by atoms with Crippen molar-refractivity contribution in [1.29, 1.82) is 0 Å². The van der Waals surface area contributed by atoms with Gasteiger partial charge >= 0.3 is 19.8 Å². The molecule has 0 aromatic carbocycles. The van der Waals surface area contributed by atoms with Crippen LogP contribution in [-0.4, -0.2) is 98.3 Å². The van der Waals surface area contributed by atoms with Crippen LogP contribution in [0.1, 0.15) is 206 Å². The van der Waals surface area contributed by atoms with E-state index in [1.807, 2.05) is 0 Å². The second-order valence-corrected chi connectivity index (χ2v) is 18.4. The summed E-state index contributed by atoms with van der Waals surface area (Å²) in [6.45, 7) is 3.28. The molecular formula is C47H87O13P. The highest BCUT2D eigenvalue weighted by atomic mass is 31.2. The predicted molar refractivity (Wildman–Crippen MR) is 240 cm³/mol. The largest absolute Gasteiger partial charge is 0.472 e. The number of hydrogen-bond donors (Lipinski definition) is 6. The molecule has 8 atom stereocenters. The minimum Gasteiger partial charge on any atom is -0.462 e. The van der Waals surface area contributed by atoms with E-state index in [2.05, 4.69) is 38.2 Å². The molecule has 0 aromatic heterocycles. The van der Waals surface area contributed by atoms with Gasteiger partial charge in [-0.1, -0.05) is 154 Å². The van der Waals surface area contributed by atoms with E-state index < -0.39 is 75.7 Å². The van der Waals surface area contributed by atoms with Crippen molar-refractivity contribution in [3.8, 4) is 0 Å². The molecule has 6 N–H and O–H groups in total. The molecule has 14 heteroatoms. The Labute approximate surface area is 368 Å². The van der Waals surface area contributed by atoms with Crippen LogP contribution >= 0.6 is 7.82 Å². The van der Waals surface area contributed by atoms with E-state index >= 15 is 0 Å². The highest BCUT2D eigenvalue weighted by Gasteiger charge is 2.51. The first-order valence-electron chi connectivity index (χ1n) is 24.1. The van der Waals surface area contributed by atoms with Crippen molar-refractivity contribution in [2.45, 2.75) is 249 Å². The van der Waals surface area contributed by atoms with Gasteiger partial charge in [0.2, 0.25) is 0 Å². The lowest BCUT2D eigenvalue weighted by Crippen LogP contribution is -2.64. The van der Waals surface area contributed by atoms with Crippen LogP contribution < -0.4 is 0 Å². The Hall–Kier alpha value is -1.67. The summed E-state index contributed by atoms with van der Waals surface area (Å²) >= 11 is 0. The number of phosphoric acid groups is 1. The van der Waals surface area contributed by atoms with Crippen LogP contribution in [0.15, 0.2) is 24.3 Å². The molecule has 1 saturated carbocycles. The fourth-order valence-corrected chi connectivity index (χ4v) is 8.31. The summed E-state index contributed by atoms with van der Waals surface area (Å²) in [5.74, 6) is -1.10. The third-order valence-corrected chi connectivity index (χ3v) is 12.3. The summed E-state index contributed by atoms with van der Waals surface area (Å²) in [7, 11) is -5.12. The first-order valence-corrected chi connectivity index (χ1v) is 25.6. The molecule has 1 fully saturated rings. The number of carbonyl (C=O) groups is 2. The monoisotopic (exact) mass is 891 g/mol. The zero-order chi connectivity index (χ0) is 45.0. The Morgan fingerprint density at radius 3 is 1.25 bits per heavy atom. The number of hydrogen-bond acceptors (Lipinski definition) is 12. The molecule has 0 aromatic rings. The highest BCUT2D eigenvalue weighted by molar-refractivity contribution is 7.47. The van der Waals surface area contributed by atoms with Crippen LogP contribution in [0.5, 0.6) is 0 Å². The Morgan fingerprint density at radius 2 is 0.836 bits per heavy atom. The number of phosphoric ester groups is 1. The standard InChI is InChI=1S/C47H87O13P/c1-3-5-7-9-11-13-15-17-19-20-22-23-25-27-29-31-33-35-40(48)57-37-39(38-58-61(55,56)60-47-45(53)43(51)42(50)44(52)46(47)54)59-41(49)36-34-32-30-28-26-24-21-18-16-14-12-10-8-6-4-2/h13-16,39,42-47,50-54H,3-12,17-38H2,1-2H3,(H,55,56)/b15-13+,16-14+/t39-,42?,43-,44?,45?,46?,47?/m0/s1. The number of carbonyl (C=O) groups excluding carboxylic acids is 2. The van der Waals surface area contributed by atoms with Crippen LogP contribution in [0.25, 0.3) is 0 Å². The second-order valence-electron chi connectivity index (χ2n) is 17.0. The maximum absolute atomic E-state index is 12.8. The maximum atomic E-state index is 12.8. The lowest BCUT2D eigenvalue weighted by atomic mass is 9.85. The average molecular weight is 891 g/mol. The molecule has 13 nitrogen and oxygen atoms in total. The quantitative estimate of drug-likeness (QED) is 0.0147. The van der Waals surface area contributed by atoms with Gasteiger partial charge in [0.15, 0.2) is 6.10 Å². The molecular weight excluding hydrogens is 803 g/mol. The number of rotatable bonds is 40. The third kappa shape index (κ3) is 30.2. The lowest BCUT2D eigenvalue weighted by Gasteiger charge is -2.41. The van der Waals surface area contributed by atoms with Crippen molar-refractivity contribution in [3.05, 3.63) is 24.3 Å². The predicted octanol–water partition coefficient (Wildman–Crippen LogP) is 9.62. The first-order chi connectivity index (χ1) is 29.4. The van der Waals surface area contributed by atoms with Gasteiger partial charge in [-0.3, -0.25) is 18.6 Å². The number of allylic oxidation sites excluding steroid dienone is 4. The van der Waals surface area contributed by atoms with Gasteiger partial charge in [-0.2, -0.15) is 0 Å². The summed E-state index contributed by atoms with van der Waals surface area (Å²) in [5.41, 5.74) is 0. The zero-order valence-corrected chi connectivity index (χ0v) is 38.9. The first kappa shape index (κ1) is 57.3. The molecule has 0 radical (unpaired) electrons. The summed E-state index contributed by atoms with van der Waals surface area (Å²) < 4.78 is 33.6. The molecule has 0 aliphatic heterocycles. The van der Waals surface area contributed by atoms with E-state index in [4.69, 9.17) is 18.5 Å². The molecule has 358 valence electrons. The Kier molecular flexibility index (Phi) is 35.4. The van der Waals surface area contributed by atoms with Crippen molar-refractivity contribution in [3.63, 3.8) is 0 Å². The van der Waals surface area contributed by atoms with Gasteiger partial charge in [0, 0.05) is 12.8 Å². The Balaban J connectivity index is 2.43. The second kappa shape index (κ2) is 37.7.